The zero-order chi connectivity index (χ0) is 18.5. The highest BCUT2D eigenvalue weighted by molar-refractivity contribution is 6.30. The minimum absolute atomic E-state index is 0.101. The number of rotatable bonds is 7. The molecule has 2 aromatic heterocycles. The number of aryl methyl sites for hydroxylation is 1. The third-order valence-electron chi connectivity index (χ3n) is 4.07. The average molecular weight is 369 g/mol. The first-order valence-corrected chi connectivity index (χ1v) is 8.97. The van der Waals surface area contributed by atoms with Gasteiger partial charge in [0.1, 0.15) is 11.3 Å². The van der Waals surface area contributed by atoms with E-state index in [0.717, 1.165) is 30.0 Å². The van der Waals surface area contributed by atoms with Crippen LogP contribution < -0.4 is 0 Å². The molecule has 0 aliphatic heterocycles. The van der Waals surface area contributed by atoms with Crippen LogP contribution in [0.2, 0.25) is 5.02 Å². The fraction of sp³-hybridized carbons (Fsp3) is 0.250. The summed E-state index contributed by atoms with van der Waals surface area (Å²) in [5.74, 6) is 0.716. The summed E-state index contributed by atoms with van der Waals surface area (Å²) < 4.78 is 2.08. The lowest BCUT2D eigenvalue weighted by atomic mass is 10.2. The number of nitrogens with zero attached hydrogens (tertiary/aromatic N) is 4. The Labute approximate surface area is 157 Å². The molecule has 0 aliphatic carbocycles. The Hall–Kier alpha value is -2.66. The van der Waals surface area contributed by atoms with Gasteiger partial charge in [0.25, 0.3) is 5.91 Å². The number of pyridine rings is 1. The second kappa shape index (κ2) is 8.15. The highest BCUT2D eigenvalue weighted by atomic mass is 35.5. The number of benzene rings is 1. The minimum atomic E-state index is -0.101. The summed E-state index contributed by atoms with van der Waals surface area (Å²) in [6, 6.07) is 10.8. The molecule has 5 nitrogen and oxygen atoms in total. The Balaban J connectivity index is 1.95. The molecule has 0 unspecified atom stereocenters. The normalized spacial score (nSPS) is 10.8. The second-order valence-corrected chi connectivity index (χ2v) is 6.45. The Morgan fingerprint density at radius 3 is 2.92 bits per heavy atom. The zero-order valence-electron chi connectivity index (χ0n) is 14.7. The van der Waals surface area contributed by atoms with Crippen LogP contribution in [0.15, 0.2) is 55.3 Å². The predicted molar refractivity (Wildman–Crippen MR) is 104 cm³/mol. The first kappa shape index (κ1) is 18.1. The number of aromatic nitrogens is 3. The van der Waals surface area contributed by atoms with Crippen LogP contribution in [0.3, 0.4) is 0 Å². The van der Waals surface area contributed by atoms with Crippen molar-refractivity contribution in [2.24, 2.45) is 0 Å². The maximum Gasteiger partial charge on any atom is 0.254 e. The Morgan fingerprint density at radius 1 is 1.35 bits per heavy atom. The van der Waals surface area contributed by atoms with Gasteiger partial charge in [0, 0.05) is 29.9 Å². The van der Waals surface area contributed by atoms with Crippen molar-refractivity contribution in [2.45, 2.75) is 26.4 Å². The first-order chi connectivity index (χ1) is 12.6. The molecule has 6 heteroatoms. The largest absolute Gasteiger partial charge is 0.327 e. The highest BCUT2D eigenvalue weighted by Crippen LogP contribution is 2.18. The Kier molecular flexibility index (Phi) is 5.68. The summed E-state index contributed by atoms with van der Waals surface area (Å²) in [5.41, 5.74) is 2.23. The highest BCUT2D eigenvalue weighted by Gasteiger charge is 2.19. The molecule has 2 heterocycles. The molecule has 0 saturated carbocycles. The smallest absolute Gasteiger partial charge is 0.254 e. The first-order valence-electron chi connectivity index (χ1n) is 8.60. The van der Waals surface area contributed by atoms with Crippen LogP contribution >= 0.6 is 11.6 Å². The molecule has 0 saturated heterocycles. The number of carbonyl (C=O) groups is 1. The van der Waals surface area contributed by atoms with Crippen molar-refractivity contribution in [3.8, 4) is 0 Å². The third-order valence-corrected chi connectivity index (χ3v) is 4.31. The molecule has 3 rings (SSSR count). The van der Waals surface area contributed by atoms with E-state index >= 15 is 0 Å². The Bertz CT molecular complexity index is 934. The van der Waals surface area contributed by atoms with Crippen LogP contribution in [-0.2, 0) is 13.1 Å². The van der Waals surface area contributed by atoms with Crippen LogP contribution in [0.1, 0.15) is 29.5 Å². The van der Waals surface area contributed by atoms with Gasteiger partial charge in [-0.3, -0.25) is 4.79 Å². The summed E-state index contributed by atoms with van der Waals surface area (Å²) in [4.78, 5) is 23.8. The van der Waals surface area contributed by atoms with E-state index in [1.54, 1.807) is 41.4 Å². The fourth-order valence-electron chi connectivity index (χ4n) is 2.93. The van der Waals surface area contributed by atoms with Gasteiger partial charge < -0.3 is 9.47 Å². The lowest BCUT2D eigenvalue weighted by Gasteiger charge is -2.21. The molecular formula is C20H21ClN4O. The molecule has 1 aromatic carbocycles. The van der Waals surface area contributed by atoms with Gasteiger partial charge in [-0.25, -0.2) is 9.97 Å². The van der Waals surface area contributed by atoms with Gasteiger partial charge in [-0.05, 0) is 36.8 Å². The number of amides is 1. The van der Waals surface area contributed by atoms with Gasteiger partial charge in [-0.2, -0.15) is 0 Å². The van der Waals surface area contributed by atoms with Crippen molar-refractivity contribution in [3.63, 3.8) is 0 Å². The van der Waals surface area contributed by atoms with Crippen molar-refractivity contribution in [1.29, 1.82) is 0 Å². The van der Waals surface area contributed by atoms with Crippen LogP contribution in [0.25, 0.3) is 11.2 Å². The van der Waals surface area contributed by atoms with Crippen molar-refractivity contribution in [2.75, 3.05) is 6.54 Å². The van der Waals surface area contributed by atoms with E-state index in [4.69, 9.17) is 16.6 Å². The molecule has 0 N–H and O–H groups in total. The van der Waals surface area contributed by atoms with E-state index in [1.165, 1.54) is 0 Å². The number of halogens is 1. The number of hydrogen-bond acceptors (Lipinski definition) is 3. The summed E-state index contributed by atoms with van der Waals surface area (Å²) in [6.45, 7) is 7.50. The number of carbonyl (C=O) groups excluding carboxylic acids is 1. The van der Waals surface area contributed by atoms with Crippen molar-refractivity contribution in [1.82, 2.24) is 19.4 Å². The van der Waals surface area contributed by atoms with Crippen LogP contribution in [0, 0.1) is 0 Å². The second-order valence-electron chi connectivity index (χ2n) is 6.01. The van der Waals surface area contributed by atoms with Crippen LogP contribution in [0.4, 0.5) is 0 Å². The fourth-order valence-corrected chi connectivity index (χ4v) is 3.12. The van der Waals surface area contributed by atoms with E-state index in [1.807, 2.05) is 12.1 Å². The zero-order valence-corrected chi connectivity index (χ0v) is 15.5. The molecule has 0 aliphatic rings. The molecule has 0 radical (unpaired) electrons. The lowest BCUT2D eigenvalue weighted by molar-refractivity contribution is 0.0757. The molecule has 1 amide bonds. The molecule has 0 atom stereocenters. The number of imidazole rings is 1. The molecule has 0 bridgehead atoms. The molecular weight excluding hydrogens is 348 g/mol. The number of hydrogen-bond donors (Lipinski definition) is 0. The average Bonchev–Trinajstić information content (AvgIpc) is 2.98. The van der Waals surface area contributed by atoms with Gasteiger partial charge in [-0.1, -0.05) is 30.7 Å². The van der Waals surface area contributed by atoms with Gasteiger partial charge in [0.15, 0.2) is 5.65 Å². The van der Waals surface area contributed by atoms with E-state index < -0.39 is 0 Å². The van der Waals surface area contributed by atoms with E-state index in [0.29, 0.717) is 23.7 Å². The molecule has 26 heavy (non-hydrogen) atoms. The summed E-state index contributed by atoms with van der Waals surface area (Å²) >= 11 is 6.04. The van der Waals surface area contributed by atoms with Crippen LogP contribution in [0.5, 0.6) is 0 Å². The lowest BCUT2D eigenvalue weighted by Crippen LogP contribution is -2.32. The predicted octanol–water partition coefficient (Wildman–Crippen LogP) is 4.32. The maximum atomic E-state index is 12.9. The van der Waals surface area contributed by atoms with Gasteiger partial charge in [0.05, 0.1) is 6.54 Å². The molecule has 0 fully saturated rings. The topological polar surface area (TPSA) is 51.0 Å². The number of fused-ring (bicyclic) bond motifs is 1. The standard InChI is InChI=1S/C20H21ClN4O/c1-3-11-24(20(26)15-7-5-8-16(21)13-15)14-18-23-17-9-6-10-22-19(17)25(18)12-4-2/h3,5-10,13H,1,4,11-12,14H2,2H3. The summed E-state index contributed by atoms with van der Waals surface area (Å²) in [6.07, 6.45) is 4.44. The van der Waals surface area contributed by atoms with E-state index in [-0.39, 0.29) is 5.91 Å². The van der Waals surface area contributed by atoms with Crippen LogP contribution in [-0.4, -0.2) is 31.9 Å². The molecule has 3 aromatic rings. The molecule has 134 valence electrons. The van der Waals surface area contributed by atoms with Gasteiger partial charge in [-0.15, -0.1) is 6.58 Å². The summed E-state index contributed by atoms with van der Waals surface area (Å²) in [7, 11) is 0. The van der Waals surface area contributed by atoms with E-state index in [2.05, 4.69) is 23.1 Å². The van der Waals surface area contributed by atoms with Crippen molar-refractivity contribution >= 4 is 28.7 Å². The van der Waals surface area contributed by atoms with Crippen molar-refractivity contribution < 1.29 is 4.79 Å². The maximum absolute atomic E-state index is 12.9. The summed E-state index contributed by atoms with van der Waals surface area (Å²) in [5, 5.41) is 0.539. The SMILES string of the molecule is C=CCN(Cc1nc2cccnc2n1CCC)C(=O)c1cccc(Cl)c1. The van der Waals surface area contributed by atoms with Crippen molar-refractivity contribution in [3.05, 3.63) is 71.7 Å². The van der Waals surface area contributed by atoms with Gasteiger partial charge in [0.2, 0.25) is 0 Å². The quantitative estimate of drug-likeness (QED) is 0.583. The Morgan fingerprint density at radius 2 is 2.19 bits per heavy atom. The monoisotopic (exact) mass is 368 g/mol. The molecule has 0 spiro atoms. The third kappa shape index (κ3) is 3.78. The van der Waals surface area contributed by atoms with Gasteiger partial charge >= 0.3 is 0 Å². The minimum Gasteiger partial charge on any atom is -0.327 e. The van der Waals surface area contributed by atoms with E-state index in [9.17, 15) is 4.79 Å².